The zero-order valence-electron chi connectivity index (χ0n) is 17.2. The van der Waals surface area contributed by atoms with Gasteiger partial charge >= 0.3 is 5.97 Å². The van der Waals surface area contributed by atoms with Crippen LogP contribution in [0.3, 0.4) is 0 Å². The fraction of sp³-hybridized carbons (Fsp3) is 0.636. The fourth-order valence-electron chi connectivity index (χ4n) is 2.72. The van der Waals surface area contributed by atoms with Gasteiger partial charge in [-0.15, -0.1) is 0 Å². The van der Waals surface area contributed by atoms with E-state index in [-0.39, 0.29) is 6.42 Å². The molecule has 0 radical (unpaired) electrons. The minimum absolute atomic E-state index is 0.287. The van der Waals surface area contributed by atoms with Crippen molar-refractivity contribution in [1.82, 2.24) is 5.32 Å². The Labute approximate surface area is 168 Å². The summed E-state index contributed by atoms with van der Waals surface area (Å²) in [4.78, 5) is 25.0. The van der Waals surface area contributed by atoms with Crippen molar-refractivity contribution in [1.29, 1.82) is 0 Å². The molecular formula is C22H35NO5. The van der Waals surface area contributed by atoms with Crippen LogP contribution in [-0.4, -0.2) is 48.0 Å². The van der Waals surface area contributed by atoms with Crippen LogP contribution >= 0.6 is 0 Å². The summed E-state index contributed by atoms with van der Waals surface area (Å²) in [7, 11) is 0. The molecule has 1 atom stereocenters. The highest BCUT2D eigenvalue weighted by atomic mass is 16.5. The van der Waals surface area contributed by atoms with Crippen molar-refractivity contribution in [3.05, 3.63) is 35.9 Å². The molecule has 0 spiro atoms. The average molecular weight is 394 g/mol. The van der Waals surface area contributed by atoms with Crippen molar-refractivity contribution >= 4 is 11.9 Å². The lowest BCUT2D eigenvalue weighted by Crippen LogP contribution is -2.51. The molecule has 6 heteroatoms. The largest absolute Gasteiger partial charge is 0.464 e. The van der Waals surface area contributed by atoms with E-state index < -0.39 is 36.5 Å². The maximum atomic E-state index is 12.6. The minimum atomic E-state index is -1.35. The molecule has 1 aromatic rings. The first kappa shape index (κ1) is 24.1. The molecular weight excluding hydrogens is 358 g/mol. The number of rotatable bonds is 14. The maximum absolute atomic E-state index is 12.6. The quantitative estimate of drug-likeness (QED) is 0.334. The van der Waals surface area contributed by atoms with E-state index in [0.29, 0.717) is 6.61 Å². The van der Waals surface area contributed by atoms with Crippen LogP contribution in [0.25, 0.3) is 0 Å². The topological polar surface area (TPSA) is 95.9 Å². The molecule has 0 bridgehead atoms. The second kappa shape index (κ2) is 13.3. The molecule has 1 rings (SSSR count). The summed E-state index contributed by atoms with van der Waals surface area (Å²) in [5.74, 6) is -1.07. The van der Waals surface area contributed by atoms with Crippen LogP contribution in [0.4, 0.5) is 0 Å². The van der Waals surface area contributed by atoms with Gasteiger partial charge in [-0.05, 0) is 18.9 Å². The SMILES string of the molecule is CCCCCCCCOC(=O)[C@H](Cc1ccccc1)NC(=O)C(C)(CO)CO. The molecule has 0 aliphatic rings. The van der Waals surface area contributed by atoms with E-state index in [1.807, 2.05) is 30.3 Å². The summed E-state index contributed by atoms with van der Waals surface area (Å²) in [6.45, 7) is 2.91. The Morgan fingerprint density at radius 1 is 1.04 bits per heavy atom. The van der Waals surface area contributed by atoms with Crippen LogP contribution in [0.5, 0.6) is 0 Å². The predicted octanol–water partition coefficient (Wildman–Crippen LogP) is 2.61. The van der Waals surface area contributed by atoms with Crippen molar-refractivity contribution in [2.75, 3.05) is 19.8 Å². The first-order valence-corrected chi connectivity index (χ1v) is 10.2. The number of esters is 1. The standard InChI is InChI=1S/C22H35NO5/c1-3-4-5-6-7-11-14-28-20(26)19(15-18-12-9-8-10-13-18)23-21(27)22(2,16-24)17-25/h8-10,12-13,19,24-25H,3-7,11,14-17H2,1-2H3,(H,23,27)/t19-/m0/s1. The molecule has 3 N–H and O–H groups in total. The maximum Gasteiger partial charge on any atom is 0.328 e. The lowest BCUT2D eigenvalue weighted by atomic mass is 9.91. The third-order valence-electron chi connectivity index (χ3n) is 4.86. The molecule has 28 heavy (non-hydrogen) atoms. The van der Waals surface area contributed by atoms with Gasteiger partial charge in [0.15, 0.2) is 0 Å². The summed E-state index contributed by atoms with van der Waals surface area (Å²) in [6, 6.07) is 8.48. The highest BCUT2D eigenvalue weighted by Crippen LogP contribution is 2.16. The average Bonchev–Trinajstić information content (AvgIpc) is 2.72. The Morgan fingerprint density at radius 2 is 1.64 bits per heavy atom. The molecule has 0 aliphatic carbocycles. The Kier molecular flexibility index (Phi) is 11.4. The smallest absolute Gasteiger partial charge is 0.328 e. The lowest BCUT2D eigenvalue weighted by Gasteiger charge is -2.26. The van der Waals surface area contributed by atoms with Gasteiger partial charge in [0.25, 0.3) is 0 Å². The third kappa shape index (κ3) is 8.40. The number of hydrogen-bond acceptors (Lipinski definition) is 5. The number of carbonyl (C=O) groups is 2. The molecule has 0 fully saturated rings. The van der Waals surface area contributed by atoms with Crippen LogP contribution < -0.4 is 5.32 Å². The van der Waals surface area contributed by atoms with Crippen molar-refractivity contribution in [3.8, 4) is 0 Å². The monoisotopic (exact) mass is 393 g/mol. The van der Waals surface area contributed by atoms with Gasteiger partial charge in [0.05, 0.1) is 25.2 Å². The summed E-state index contributed by atoms with van der Waals surface area (Å²) in [6.07, 6.45) is 6.83. The van der Waals surface area contributed by atoms with Crippen LogP contribution in [0.1, 0.15) is 57.9 Å². The van der Waals surface area contributed by atoms with E-state index in [0.717, 1.165) is 24.8 Å². The van der Waals surface area contributed by atoms with Crippen LogP contribution in [0.15, 0.2) is 30.3 Å². The molecule has 0 saturated heterocycles. The third-order valence-corrected chi connectivity index (χ3v) is 4.86. The first-order chi connectivity index (χ1) is 13.5. The van der Waals surface area contributed by atoms with E-state index >= 15 is 0 Å². The molecule has 0 heterocycles. The van der Waals surface area contributed by atoms with Gasteiger partial charge in [-0.2, -0.15) is 0 Å². The molecule has 1 aromatic carbocycles. The van der Waals surface area contributed by atoms with Gasteiger partial charge in [-0.3, -0.25) is 4.79 Å². The number of amides is 1. The van der Waals surface area contributed by atoms with Gasteiger partial charge in [-0.25, -0.2) is 4.79 Å². The number of aliphatic hydroxyl groups excluding tert-OH is 2. The Hall–Kier alpha value is -1.92. The zero-order valence-corrected chi connectivity index (χ0v) is 17.2. The van der Waals surface area contributed by atoms with E-state index in [2.05, 4.69) is 12.2 Å². The predicted molar refractivity (Wildman–Crippen MR) is 109 cm³/mol. The van der Waals surface area contributed by atoms with Gasteiger partial charge in [0, 0.05) is 6.42 Å². The summed E-state index contributed by atoms with van der Waals surface area (Å²) in [5.41, 5.74) is -0.465. The van der Waals surface area contributed by atoms with Gasteiger partial charge in [0.2, 0.25) is 5.91 Å². The van der Waals surface area contributed by atoms with Gasteiger partial charge < -0.3 is 20.3 Å². The molecule has 1 amide bonds. The second-order valence-corrected chi connectivity index (χ2v) is 7.53. The van der Waals surface area contributed by atoms with Crippen LogP contribution in [0.2, 0.25) is 0 Å². The lowest BCUT2D eigenvalue weighted by molar-refractivity contribution is -0.150. The normalized spacial score (nSPS) is 12.4. The first-order valence-electron chi connectivity index (χ1n) is 10.2. The molecule has 6 nitrogen and oxygen atoms in total. The Bertz CT molecular complexity index is 572. The number of hydrogen-bond donors (Lipinski definition) is 3. The summed E-state index contributed by atoms with van der Waals surface area (Å²) < 4.78 is 5.39. The van der Waals surface area contributed by atoms with E-state index in [4.69, 9.17) is 4.74 Å². The summed E-state index contributed by atoms with van der Waals surface area (Å²) >= 11 is 0. The number of nitrogens with one attached hydrogen (secondary N) is 1. The number of ether oxygens (including phenoxy) is 1. The van der Waals surface area contributed by atoms with Crippen molar-refractivity contribution in [3.63, 3.8) is 0 Å². The van der Waals surface area contributed by atoms with Crippen LogP contribution in [0, 0.1) is 5.41 Å². The molecule has 0 aliphatic heterocycles. The minimum Gasteiger partial charge on any atom is -0.464 e. The van der Waals surface area contributed by atoms with E-state index in [1.165, 1.54) is 26.2 Å². The van der Waals surface area contributed by atoms with Crippen molar-refractivity contribution in [2.45, 2.75) is 64.8 Å². The number of carbonyl (C=O) groups excluding carboxylic acids is 2. The molecule has 0 aromatic heterocycles. The van der Waals surface area contributed by atoms with Gasteiger partial charge in [0.1, 0.15) is 6.04 Å². The molecule has 0 saturated carbocycles. The van der Waals surface area contributed by atoms with Crippen molar-refractivity contribution < 1.29 is 24.5 Å². The second-order valence-electron chi connectivity index (χ2n) is 7.53. The fourth-order valence-corrected chi connectivity index (χ4v) is 2.72. The Balaban J connectivity index is 2.64. The summed E-state index contributed by atoms with van der Waals surface area (Å²) in [5, 5.41) is 21.5. The van der Waals surface area contributed by atoms with Crippen LogP contribution in [-0.2, 0) is 20.7 Å². The highest BCUT2D eigenvalue weighted by Gasteiger charge is 2.35. The van der Waals surface area contributed by atoms with Crippen molar-refractivity contribution in [2.24, 2.45) is 5.41 Å². The number of unbranched alkanes of at least 4 members (excludes halogenated alkanes) is 5. The number of benzene rings is 1. The van der Waals surface area contributed by atoms with Gasteiger partial charge in [-0.1, -0.05) is 69.4 Å². The van der Waals surface area contributed by atoms with E-state index in [9.17, 15) is 19.8 Å². The molecule has 158 valence electrons. The molecule has 0 unspecified atom stereocenters. The van der Waals surface area contributed by atoms with E-state index in [1.54, 1.807) is 0 Å². The zero-order chi connectivity index (χ0) is 20.8. The Morgan fingerprint density at radius 3 is 2.25 bits per heavy atom. The number of aliphatic hydroxyl groups is 2. The highest BCUT2D eigenvalue weighted by molar-refractivity contribution is 5.88.